The quantitative estimate of drug-likeness (QED) is 0.274. The smallest absolute Gasteiger partial charge is 0.319 e. The van der Waals surface area contributed by atoms with Gasteiger partial charge in [-0.2, -0.15) is 15.2 Å². The molecule has 2 N–H and O–H groups in total. The second-order valence-electron chi connectivity index (χ2n) is 14.6. The number of nitrogens with zero attached hydrogens (tertiary/aromatic N) is 5. The van der Waals surface area contributed by atoms with Crippen molar-refractivity contribution in [1.29, 1.82) is 5.26 Å². The highest BCUT2D eigenvalue weighted by atomic mass is 19.1. The van der Waals surface area contributed by atoms with E-state index in [0.29, 0.717) is 63.6 Å². The molecule has 1 saturated carbocycles. The van der Waals surface area contributed by atoms with E-state index in [1.807, 2.05) is 6.07 Å². The molecule has 0 amide bonds. The number of anilines is 1. The molecule has 3 aromatic carbocycles. The monoisotopic (exact) mass is 644 g/mol. The van der Waals surface area contributed by atoms with Crippen LogP contribution in [0.3, 0.4) is 0 Å². The van der Waals surface area contributed by atoms with Crippen LogP contribution in [0.4, 0.5) is 10.2 Å². The summed E-state index contributed by atoms with van der Waals surface area (Å²) in [6, 6.07) is 13.1. The van der Waals surface area contributed by atoms with Gasteiger partial charge in [0.05, 0.1) is 31.5 Å². The first-order valence-electron chi connectivity index (χ1n) is 17.0. The number of halogens is 1. The first kappa shape index (κ1) is 29.6. The number of benzene rings is 3. The Labute approximate surface area is 278 Å². The second-order valence-corrected chi connectivity index (χ2v) is 14.6. The van der Waals surface area contributed by atoms with Crippen LogP contribution in [0.5, 0.6) is 11.8 Å². The van der Waals surface area contributed by atoms with Crippen molar-refractivity contribution in [3.8, 4) is 41.3 Å². The summed E-state index contributed by atoms with van der Waals surface area (Å²) in [6.45, 7) is 6.71. The predicted molar refractivity (Wildman–Crippen MR) is 180 cm³/mol. The number of likely N-dealkylation sites (tertiary alicyclic amines) is 1. The van der Waals surface area contributed by atoms with E-state index in [1.165, 1.54) is 6.07 Å². The highest BCUT2D eigenvalue weighted by molar-refractivity contribution is 6.05. The molecule has 2 bridgehead atoms. The fourth-order valence-corrected chi connectivity index (χ4v) is 8.68. The van der Waals surface area contributed by atoms with Crippen molar-refractivity contribution < 1.29 is 19.0 Å². The third-order valence-electron chi connectivity index (χ3n) is 11.3. The Morgan fingerprint density at radius 2 is 1.83 bits per heavy atom. The molecule has 10 heteroatoms. The van der Waals surface area contributed by atoms with E-state index in [2.05, 4.69) is 27.1 Å². The van der Waals surface area contributed by atoms with E-state index >= 15 is 4.39 Å². The Balaban J connectivity index is 1.14. The molecule has 0 radical (unpaired) electrons. The van der Waals surface area contributed by atoms with Gasteiger partial charge in [-0.25, -0.2) is 4.39 Å². The summed E-state index contributed by atoms with van der Waals surface area (Å²) in [5.74, 6) is 3.80. The maximum absolute atomic E-state index is 17.2. The van der Waals surface area contributed by atoms with E-state index in [4.69, 9.17) is 25.9 Å². The summed E-state index contributed by atoms with van der Waals surface area (Å²) in [7, 11) is 0. The molecular weight excluding hydrogens is 607 g/mol. The van der Waals surface area contributed by atoms with Gasteiger partial charge in [-0.15, -0.1) is 6.42 Å². The molecular formula is C38H37FN6O3. The molecule has 4 atom stereocenters. The Morgan fingerprint density at radius 1 is 1.06 bits per heavy atom. The van der Waals surface area contributed by atoms with Gasteiger partial charge in [-0.1, -0.05) is 18.1 Å². The molecule has 9 rings (SSSR count). The van der Waals surface area contributed by atoms with Gasteiger partial charge in [0.25, 0.3) is 0 Å². The van der Waals surface area contributed by atoms with Gasteiger partial charge in [0.1, 0.15) is 17.1 Å². The van der Waals surface area contributed by atoms with E-state index < -0.39 is 5.82 Å². The number of rotatable bonds is 7. The van der Waals surface area contributed by atoms with Crippen LogP contribution < -0.4 is 15.0 Å². The number of fused-ring (bicyclic) bond motifs is 5. The van der Waals surface area contributed by atoms with E-state index in [1.54, 1.807) is 24.3 Å². The molecule has 4 unspecified atom stereocenters. The molecule has 4 aliphatic heterocycles. The molecule has 244 valence electrons. The predicted octanol–water partition coefficient (Wildman–Crippen LogP) is 4.83. The van der Waals surface area contributed by atoms with Gasteiger partial charge in [-0.3, -0.25) is 0 Å². The number of terminal acetylenes is 1. The number of aromatic nitrogens is 2. The summed E-state index contributed by atoms with van der Waals surface area (Å²) in [6.07, 6.45) is 10.2. The highest BCUT2D eigenvalue weighted by Crippen LogP contribution is 2.48. The number of piperazine rings is 1. The van der Waals surface area contributed by atoms with Crippen LogP contribution in [-0.4, -0.2) is 84.6 Å². The average molecular weight is 645 g/mol. The zero-order valence-corrected chi connectivity index (χ0v) is 26.7. The Hall–Kier alpha value is -4.48. The number of phenols is 1. The standard InChI is InChI=1S/C38H37FN6O3/c1-2-22-4-3-5-23-10-29(46)12-30(32(22)23)33-24(13-40)11-31-35(34(33)39)42-37(43-36(31)45-16-27-6-7-28(17-45)41-27)48-21-38(8-9-38)20-44-14-25-18-47-19-26(25)15-44/h1,3-5,10-12,25-28,41,46H,6-9,14-21H2. The first-order chi connectivity index (χ1) is 23.4. The number of nitrogens with one attached hydrogen (secondary N) is 1. The Morgan fingerprint density at radius 3 is 2.54 bits per heavy atom. The van der Waals surface area contributed by atoms with Crippen molar-refractivity contribution in [3.63, 3.8) is 0 Å². The minimum Gasteiger partial charge on any atom is -0.508 e. The molecule has 0 spiro atoms. The van der Waals surface area contributed by atoms with E-state index in [0.717, 1.165) is 71.6 Å². The lowest BCUT2D eigenvalue weighted by Crippen LogP contribution is -2.51. The van der Waals surface area contributed by atoms with Gasteiger partial charge in [-0.05, 0) is 60.9 Å². The summed E-state index contributed by atoms with van der Waals surface area (Å²) in [5.41, 5.74) is 1.17. The maximum Gasteiger partial charge on any atom is 0.319 e. The molecule has 1 aromatic heterocycles. The Bertz CT molecular complexity index is 2030. The topological polar surface area (TPSA) is 107 Å². The summed E-state index contributed by atoms with van der Waals surface area (Å²) >= 11 is 0. The lowest BCUT2D eigenvalue weighted by molar-refractivity contribution is 0.131. The molecule has 4 saturated heterocycles. The van der Waals surface area contributed by atoms with Crippen molar-refractivity contribution >= 4 is 27.5 Å². The molecule has 5 heterocycles. The fourth-order valence-electron chi connectivity index (χ4n) is 8.68. The molecule has 4 aromatic rings. The summed E-state index contributed by atoms with van der Waals surface area (Å²) in [4.78, 5) is 14.4. The van der Waals surface area contributed by atoms with Gasteiger partial charge >= 0.3 is 6.01 Å². The van der Waals surface area contributed by atoms with Crippen LogP contribution in [0.1, 0.15) is 36.8 Å². The number of hydrogen-bond acceptors (Lipinski definition) is 9. The second kappa shape index (κ2) is 11.3. The zero-order chi connectivity index (χ0) is 32.6. The fraction of sp³-hybridized carbons (Fsp3) is 0.447. The van der Waals surface area contributed by atoms with Crippen LogP contribution in [0, 0.1) is 46.7 Å². The van der Waals surface area contributed by atoms with Crippen molar-refractivity contribution in [3.05, 3.63) is 53.3 Å². The van der Waals surface area contributed by atoms with Crippen LogP contribution in [0.25, 0.3) is 32.8 Å². The van der Waals surface area contributed by atoms with Crippen LogP contribution in [0.2, 0.25) is 0 Å². The number of phenolic OH excluding ortho intramolecular Hbond substituents is 1. The zero-order valence-electron chi connectivity index (χ0n) is 26.7. The van der Waals surface area contributed by atoms with Gasteiger partial charge < -0.3 is 29.7 Å². The van der Waals surface area contributed by atoms with E-state index in [-0.39, 0.29) is 33.8 Å². The molecule has 5 fully saturated rings. The molecule has 1 aliphatic carbocycles. The number of ether oxygens (including phenoxy) is 2. The van der Waals surface area contributed by atoms with Gasteiger partial charge in [0, 0.05) is 84.0 Å². The highest BCUT2D eigenvalue weighted by Gasteiger charge is 2.48. The normalized spacial score (nSPS) is 25.7. The van der Waals surface area contributed by atoms with Gasteiger partial charge in [0.2, 0.25) is 0 Å². The average Bonchev–Trinajstić information content (AvgIpc) is 3.33. The molecule has 5 aliphatic rings. The summed E-state index contributed by atoms with van der Waals surface area (Å²) < 4.78 is 29.3. The lowest BCUT2D eigenvalue weighted by atomic mass is 9.90. The van der Waals surface area contributed by atoms with Crippen molar-refractivity contribution in [2.75, 3.05) is 57.4 Å². The number of nitriles is 1. The van der Waals surface area contributed by atoms with Crippen molar-refractivity contribution in [2.45, 2.75) is 37.8 Å². The van der Waals surface area contributed by atoms with Crippen LogP contribution in [0.15, 0.2) is 36.4 Å². The minimum atomic E-state index is -0.665. The summed E-state index contributed by atoms with van der Waals surface area (Å²) in [5, 5.41) is 26.5. The largest absolute Gasteiger partial charge is 0.508 e. The lowest BCUT2D eigenvalue weighted by Gasteiger charge is -2.34. The van der Waals surface area contributed by atoms with Crippen LogP contribution in [-0.2, 0) is 4.74 Å². The van der Waals surface area contributed by atoms with Crippen molar-refractivity contribution in [2.24, 2.45) is 17.3 Å². The van der Waals surface area contributed by atoms with Crippen molar-refractivity contribution in [1.82, 2.24) is 20.2 Å². The third kappa shape index (κ3) is 5.02. The van der Waals surface area contributed by atoms with Gasteiger partial charge in [0.15, 0.2) is 5.82 Å². The number of aromatic hydroxyl groups is 1. The minimum absolute atomic E-state index is 0.0343. The number of hydrogen-bond donors (Lipinski definition) is 2. The Kier molecular flexibility index (Phi) is 6.98. The van der Waals surface area contributed by atoms with E-state index in [9.17, 15) is 10.4 Å². The SMILES string of the molecule is C#Cc1cccc2cc(O)cc(-c3c(C#N)cc4c(N5CC6CCC(C5)N6)nc(OCC5(CN6CC7COCC7C6)CC5)nc4c3F)c12. The molecule has 9 nitrogen and oxygen atoms in total. The van der Waals surface area contributed by atoms with Crippen LogP contribution >= 0.6 is 0 Å². The maximum atomic E-state index is 17.2. The first-order valence-corrected chi connectivity index (χ1v) is 17.0. The third-order valence-corrected chi connectivity index (χ3v) is 11.3. The molecule has 48 heavy (non-hydrogen) atoms.